The van der Waals surface area contributed by atoms with E-state index in [1.807, 2.05) is 0 Å². The van der Waals surface area contributed by atoms with Gasteiger partial charge in [0.25, 0.3) is 0 Å². The molecular formula is C17H14ClNO3. The number of carbonyl (C=O) groups excluding carboxylic acids is 2. The standard InChI is InChI=1S/C17H14ClNO3/c18-14-8-5-12(6-9-14)7-10-16(20)22-11-13-3-1-2-4-15(13)17(19)21/h1-10H,11H2,(H2,19,21). The smallest absolute Gasteiger partial charge is 0.331 e. The Balaban J connectivity index is 1.96. The highest BCUT2D eigenvalue weighted by atomic mass is 35.5. The van der Waals surface area contributed by atoms with E-state index in [1.165, 1.54) is 6.08 Å². The van der Waals surface area contributed by atoms with Crippen LogP contribution in [0.25, 0.3) is 6.08 Å². The van der Waals surface area contributed by atoms with Gasteiger partial charge in [-0.15, -0.1) is 0 Å². The SMILES string of the molecule is NC(=O)c1ccccc1COC(=O)C=Cc1ccc(Cl)cc1. The molecule has 2 N–H and O–H groups in total. The molecule has 0 saturated heterocycles. The molecule has 2 aromatic carbocycles. The summed E-state index contributed by atoms with van der Waals surface area (Å²) in [6.45, 7) is -0.0110. The van der Waals surface area contributed by atoms with Crippen LogP contribution >= 0.6 is 11.6 Å². The third-order valence-corrected chi connectivity index (χ3v) is 3.19. The molecule has 5 heteroatoms. The van der Waals surface area contributed by atoms with Gasteiger partial charge in [0.2, 0.25) is 5.91 Å². The molecule has 2 aromatic rings. The summed E-state index contributed by atoms with van der Waals surface area (Å²) in [6, 6.07) is 13.8. The lowest BCUT2D eigenvalue weighted by Gasteiger charge is -2.06. The number of amides is 1. The van der Waals surface area contributed by atoms with E-state index >= 15 is 0 Å². The van der Waals surface area contributed by atoms with Gasteiger partial charge in [0.05, 0.1) is 0 Å². The van der Waals surface area contributed by atoms with Crippen LogP contribution in [-0.4, -0.2) is 11.9 Å². The fourth-order valence-electron chi connectivity index (χ4n) is 1.82. The highest BCUT2D eigenvalue weighted by Gasteiger charge is 2.08. The van der Waals surface area contributed by atoms with Gasteiger partial charge in [0.15, 0.2) is 0 Å². The summed E-state index contributed by atoms with van der Waals surface area (Å²) in [5.41, 5.74) is 7.01. The van der Waals surface area contributed by atoms with Crippen LogP contribution < -0.4 is 5.73 Å². The minimum absolute atomic E-state index is 0.0110. The van der Waals surface area contributed by atoms with Crippen molar-refractivity contribution in [2.75, 3.05) is 0 Å². The van der Waals surface area contributed by atoms with Crippen molar-refractivity contribution in [2.45, 2.75) is 6.61 Å². The number of esters is 1. The van der Waals surface area contributed by atoms with Gasteiger partial charge in [-0.2, -0.15) is 0 Å². The first-order valence-electron chi connectivity index (χ1n) is 6.54. The minimum atomic E-state index is -0.552. The van der Waals surface area contributed by atoms with Crippen molar-refractivity contribution in [1.29, 1.82) is 0 Å². The van der Waals surface area contributed by atoms with Gasteiger partial charge >= 0.3 is 5.97 Å². The van der Waals surface area contributed by atoms with Crippen LogP contribution in [0.1, 0.15) is 21.5 Å². The zero-order valence-electron chi connectivity index (χ0n) is 11.7. The number of carbonyl (C=O) groups is 2. The fraction of sp³-hybridized carbons (Fsp3) is 0.0588. The van der Waals surface area contributed by atoms with Crippen molar-refractivity contribution < 1.29 is 14.3 Å². The number of hydrogen-bond donors (Lipinski definition) is 1. The second kappa shape index (κ2) is 7.43. The van der Waals surface area contributed by atoms with E-state index in [4.69, 9.17) is 22.1 Å². The number of halogens is 1. The monoisotopic (exact) mass is 315 g/mol. The first-order valence-corrected chi connectivity index (χ1v) is 6.92. The molecule has 22 heavy (non-hydrogen) atoms. The van der Waals surface area contributed by atoms with Gasteiger partial charge < -0.3 is 10.5 Å². The predicted molar refractivity (Wildman–Crippen MR) is 85.2 cm³/mol. The molecule has 0 aromatic heterocycles. The number of rotatable bonds is 5. The van der Waals surface area contributed by atoms with Gasteiger partial charge in [-0.1, -0.05) is 41.9 Å². The number of benzene rings is 2. The molecule has 1 amide bonds. The van der Waals surface area contributed by atoms with Crippen LogP contribution in [0, 0.1) is 0 Å². The van der Waals surface area contributed by atoms with Gasteiger partial charge in [0, 0.05) is 22.2 Å². The maximum atomic E-state index is 11.7. The summed E-state index contributed by atoms with van der Waals surface area (Å²) >= 11 is 5.78. The van der Waals surface area contributed by atoms with Crippen molar-refractivity contribution in [3.8, 4) is 0 Å². The lowest BCUT2D eigenvalue weighted by molar-refractivity contribution is -0.138. The van der Waals surface area contributed by atoms with E-state index in [-0.39, 0.29) is 6.61 Å². The third-order valence-electron chi connectivity index (χ3n) is 2.93. The number of primary amides is 1. The lowest BCUT2D eigenvalue weighted by Crippen LogP contribution is -2.14. The molecule has 0 radical (unpaired) electrons. The average Bonchev–Trinajstić information content (AvgIpc) is 2.52. The van der Waals surface area contributed by atoms with Gasteiger partial charge in [-0.05, 0) is 29.8 Å². The summed E-state index contributed by atoms with van der Waals surface area (Å²) in [6.07, 6.45) is 2.94. The Hall–Kier alpha value is -2.59. The van der Waals surface area contributed by atoms with E-state index in [9.17, 15) is 9.59 Å². The number of ether oxygens (including phenoxy) is 1. The molecule has 0 fully saturated rings. The van der Waals surface area contributed by atoms with Crippen molar-refractivity contribution in [1.82, 2.24) is 0 Å². The summed E-state index contributed by atoms with van der Waals surface area (Å²) < 4.78 is 5.10. The molecule has 112 valence electrons. The van der Waals surface area contributed by atoms with E-state index in [1.54, 1.807) is 54.6 Å². The van der Waals surface area contributed by atoms with Crippen molar-refractivity contribution >= 4 is 29.6 Å². The Labute approximate surface area is 133 Å². The van der Waals surface area contributed by atoms with Crippen molar-refractivity contribution in [2.24, 2.45) is 5.73 Å². The van der Waals surface area contributed by atoms with E-state index < -0.39 is 11.9 Å². The Kier molecular flexibility index (Phi) is 5.33. The minimum Gasteiger partial charge on any atom is -0.458 e. The Bertz CT molecular complexity index is 708. The first-order chi connectivity index (χ1) is 10.6. The molecule has 0 atom stereocenters. The quantitative estimate of drug-likeness (QED) is 0.680. The molecule has 2 rings (SSSR count). The molecule has 0 aliphatic carbocycles. The molecule has 0 saturated carbocycles. The van der Waals surface area contributed by atoms with Gasteiger partial charge in [0.1, 0.15) is 6.61 Å². The summed E-state index contributed by atoms with van der Waals surface area (Å²) in [4.78, 5) is 22.9. The molecular weight excluding hydrogens is 302 g/mol. The van der Waals surface area contributed by atoms with E-state index in [2.05, 4.69) is 0 Å². The molecule has 0 aliphatic rings. The summed E-state index contributed by atoms with van der Waals surface area (Å²) in [7, 11) is 0. The van der Waals surface area contributed by atoms with Crippen LogP contribution in [0.15, 0.2) is 54.6 Å². The Morgan fingerprint density at radius 2 is 1.77 bits per heavy atom. The Morgan fingerprint density at radius 1 is 1.09 bits per heavy atom. The lowest BCUT2D eigenvalue weighted by atomic mass is 10.1. The van der Waals surface area contributed by atoms with Gasteiger partial charge in [-0.3, -0.25) is 4.79 Å². The topological polar surface area (TPSA) is 69.4 Å². The largest absolute Gasteiger partial charge is 0.458 e. The second-order valence-electron chi connectivity index (χ2n) is 4.51. The highest BCUT2D eigenvalue weighted by molar-refractivity contribution is 6.30. The zero-order valence-corrected chi connectivity index (χ0v) is 12.4. The highest BCUT2D eigenvalue weighted by Crippen LogP contribution is 2.12. The van der Waals surface area contributed by atoms with Crippen LogP contribution in [-0.2, 0) is 16.1 Å². The van der Waals surface area contributed by atoms with E-state index in [0.717, 1.165) is 5.56 Å². The molecule has 0 spiro atoms. The average molecular weight is 316 g/mol. The van der Waals surface area contributed by atoms with Crippen LogP contribution in [0.4, 0.5) is 0 Å². The fourth-order valence-corrected chi connectivity index (χ4v) is 1.95. The molecule has 0 heterocycles. The summed E-state index contributed by atoms with van der Waals surface area (Å²) in [5, 5.41) is 0.628. The maximum absolute atomic E-state index is 11.7. The number of hydrogen-bond acceptors (Lipinski definition) is 3. The van der Waals surface area contributed by atoms with E-state index in [0.29, 0.717) is 16.1 Å². The molecule has 0 unspecified atom stereocenters. The number of nitrogens with two attached hydrogens (primary N) is 1. The second-order valence-corrected chi connectivity index (χ2v) is 4.95. The van der Waals surface area contributed by atoms with Gasteiger partial charge in [-0.25, -0.2) is 4.79 Å². The Morgan fingerprint density at radius 3 is 2.45 bits per heavy atom. The summed E-state index contributed by atoms with van der Waals surface area (Å²) in [5.74, 6) is -1.06. The third kappa shape index (κ3) is 4.46. The first kappa shape index (κ1) is 15.8. The molecule has 0 aliphatic heterocycles. The zero-order chi connectivity index (χ0) is 15.9. The molecule has 0 bridgehead atoms. The maximum Gasteiger partial charge on any atom is 0.331 e. The van der Waals surface area contributed by atoms with Crippen molar-refractivity contribution in [3.63, 3.8) is 0 Å². The predicted octanol–water partition coefficient (Wildman–Crippen LogP) is 3.20. The van der Waals surface area contributed by atoms with Crippen LogP contribution in [0.5, 0.6) is 0 Å². The van der Waals surface area contributed by atoms with Crippen molar-refractivity contribution in [3.05, 3.63) is 76.3 Å². The van der Waals surface area contributed by atoms with Crippen LogP contribution in [0.3, 0.4) is 0 Å². The normalized spacial score (nSPS) is 10.6. The van der Waals surface area contributed by atoms with Crippen LogP contribution in [0.2, 0.25) is 5.02 Å². The molecule has 4 nitrogen and oxygen atoms in total.